The molecule has 0 aromatic carbocycles. The molecular weight excluding hydrogens is 184 g/mol. The number of carboxylic acids is 2. The van der Waals surface area contributed by atoms with Crippen molar-refractivity contribution in [1.29, 1.82) is 0 Å². The Hall–Kier alpha value is -0.554. The minimum atomic E-state index is -1.11. The van der Waals surface area contributed by atoms with Crippen molar-refractivity contribution in [2.24, 2.45) is 5.92 Å². The molecule has 0 fully saturated rings. The van der Waals surface area contributed by atoms with E-state index in [0.29, 0.717) is 12.8 Å². The van der Waals surface area contributed by atoms with Crippen LogP contribution in [-0.2, 0) is 9.59 Å². The molecule has 1 unspecified atom stereocenters. The highest BCUT2D eigenvalue weighted by molar-refractivity contribution is 5.94. The van der Waals surface area contributed by atoms with Gasteiger partial charge in [-0.15, -0.1) is 0 Å². The summed E-state index contributed by atoms with van der Waals surface area (Å²) in [7, 11) is 0. The highest BCUT2D eigenvalue weighted by Gasteiger charge is 2.28. The van der Waals surface area contributed by atoms with Crippen molar-refractivity contribution in [2.75, 3.05) is 0 Å². The van der Waals surface area contributed by atoms with Crippen LogP contribution in [0.5, 0.6) is 0 Å². The molecule has 0 heterocycles. The minimum Gasteiger partial charge on any atom is -0.481 e. The van der Waals surface area contributed by atoms with E-state index in [1.54, 1.807) is 0 Å². The maximum Gasteiger partial charge on any atom is 0.332 e. The Balaban J connectivity index is 0.00000144. The van der Waals surface area contributed by atoms with Gasteiger partial charge in [-0.2, -0.15) is 0 Å². The molecule has 1 rings (SSSR count). The maximum absolute atomic E-state index is 10.6. The quantitative estimate of drug-likeness (QED) is 0.628. The lowest BCUT2D eigenvalue weighted by atomic mass is 9.88. The van der Waals surface area contributed by atoms with Gasteiger partial charge in [-0.25, -0.2) is 4.79 Å². The summed E-state index contributed by atoms with van der Waals surface area (Å²) in [5.74, 6) is -2.96. The molecule has 1 atom stereocenters. The van der Waals surface area contributed by atoms with Gasteiger partial charge in [0.2, 0.25) is 0 Å². The zero-order valence-corrected chi connectivity index (χ0v) is 8.61. The Morgan fingerprint density at radius 1 is 1.38 bits per heavy atom. The summed E-state index contributed by atoms with van der Waals surface area (Å²) in [6.45, 7) is 0. The van der Waals surface area contributed by atoms with Crippen LogP contribution in [0.25, 0.3) is 0 Å². The molecule has 1 aliphatic carbocycles. The monoisotopic (exact) mass is 194 g/mol. The van der Waals surface area contributed by atoms with Crippen LogP contribution in [0.2, 0.25) is 0 Å². The standard InChI is InChI=1S/C8H10O4.Mg/c9-7(10)5-3-1-2-4-6(5)8(11)12;/h3,6H,1-2,4H2,(H,9,10)(H,11,12);. The summed E-state index contributed by atoms with van der Waals surface area (Å²) >= 11 is 0. The van der Waals surface area contributed by atoms with E-state index in [2.05, 4.69) is 0 Å². The van der Waals surface area contributed by atoms with Gasteiger partial charge >= 0.3 is 11.9 Å². The zero-order valence-electron chi connectivity index (χ0n) is 7.19. The van der Waals surface area contributed by atoms with Crippen molar-refractivity contribution in [1.82, 2.24) is 0 Å². The molecular formula is C8H10MgO4. The highest BCUT2D eigenvalue weighted by atomic mass is 24.3. The zero-order chi connectivity index (χ0) is 9.14. The lowest BCUT2D eigenvalue weighted by molar-refractivity contribution is -0.144. The molecule has 0 saturated heterocycles. The first kappa shape index (κ1) is 12.4. The third-order valence-electron chi connectivity index (χ3n) is 1.98. The lowest BCUT2D eigenvalue weighted by Gasteiger charge is -2.16. The molecule has 1 aliphatic rings. The average molecular weight is 194 g/mol. The summed E-state index contributed by atoms with van der Waals surface area (Å²) in [4.78, 5) is 21.1. The molecule has 0 amide bonds. The van der Waals surface area contributed by atoms with E-state index < -0.39 is 17.9 Å². The molecule has 0 spiro atoms. The van der Waals surface area contributed by atoms with Crippen LogP contribution in [0.1, 0.15) is 19.3 Å². The summed E-state index contributed by atoms with van der Waals surface area (Å²) in [6, 6.07) is 0. The van der Waals surface area contributed by atoms with E-state index in [0.717, 1.165) is 6.42 Å². The van der Waals surface area contributed by atoms with Crippen molar-refractivity contribution in [2.45, 2.75) is 19.3 Å². The molecule has 4 nitrogen and oxygen atoms in total. The highest BCUT2D eigenvalue weighted by Crippen LogP contribution is 2.24. The van der Waals surface area contributed by atoms with E-state index in [9.17, 15) is 9.59 Å². The molecule has 2 radical (unpaired) electrons. The van der Waals surface area contributed by atoms with Gasteiger partial charge in [-0.05, 0) is 19.3 Å². The predicted molar refractivity (Wildman–Crippen MR) is 46.4 cm³/mol. The summed E-state index contributed by atoms with van der Waals surface area (Å²) in [5.41, 5.74) is 0.0359. The molecule has 2 N–H and O–H groups in total. The van der Waals surface area contributed by atoms with Crippen molar-refractivity contribution in [3.05, 3.63) is 11.6 Å². The number of hydrogen-bond donors (Lipinski definition) is 2. The predicted octanol–water partition coefficient (Wildman–Crippen LogP) is 0.501. The topological polar surface area (TPSA) is 74.6 Å². The van der Waals surface area contributed by atoms with Gasteiger partial charge in [0.1, 0.15) is 0 Å². The number of hydrogen-bond acceptors (Lipinski definition) is 2. The summed E-state index contributed by atoms with van der Waals surface area (Å²) in [6.07, 6.45) is 3.37. The molecule has 0 bridgehead atoms. The van der Waals surface area contributed by atoms with E-state index in [4.69, 9.17) is 10.2 Å². The van der Waals surface area contributed by atoms with E-state index in [1.807, 2.05) is 0 Å². The third kappa shape index (κ3) is 3.00. The maximum atomic E-state index is 10.6. The number of aliphatic carboxylic acids is 2. The fraction of sp³-hybridized carbons (Fsp3) is 0.500. The Kier molecular flexibility index (Phi) is 5.01. The van der Waals surface area contributed by atoms with Gasteiger partial charge in [-0.1, -0.05) is 6.08 Å². The molecule has 68 valence electrons. The van der Waals surface area contributed by atoms with Gasteiger partial charge in [0.05, 0.1) is 5.92 Å². The van der Waals surface area contributed by atoms with Gasteiger partial charge in [0.15, 0.2) is 0 Å². The first-order valence-electron chi connectivity index (χ1n) is 3.79. The second-order valence-corrected chi connectivity index (χ2v) is 2.79. The van der Waals surface area contributed by atoms with Crippen molar-refractivity contribution >= 4 is 35.0 Å². The Morgan fingerprint density at radius 3 is 2.38 bits per heavy atom. The average Bonchev–Trinajstić information content (AvgIpc) is 2.04. The summed E-state index contributed by atoms with van der Waals surface area (Å²) < 4.78 is 0. The Bertz CT molecular complexity index is 247. The van der Waals surface area contributed by atoms with Crippen LogP contribution in [0, 0.1) is 5.92 Å². The first-order chi connectivity index (χ1) is 5.63. The van der Waals surface area contributed by atoms with E-state index >= 15 is 0 Å². The molecule has 0 aromatic heterocycles. The summed E-state index contributed by atoms with van der Waals surface area (Å²) in [5, 5.41) is 17.3. The number of allylic oxidation sites excluding steroid dienone is 1. The van der Waals surface area contributed by atoms with Gasteiger partial charge in [0.25, 0.3) is 0 Å². The fourth-order valence-corrected chi connectivity index (χ4v) is 1.37. The van der Waals surface area contributed by atoms with Crippen LogP contribution < -0.4 is 0 Å². The van der Waals surface area contributed by atoms with Crippen LogP contribution in [0.3, 0.4) is 0 Å². The van der Waals surface area contributed by atoms with Gasteiger partial charge in [-0.3, -0.25) is 4.79 Å². The van der Waals surface area contributed by atoms with Crippen LogP contribution >= 0.6 is 0 Å². The number of carbonyl (C=O) groups is 2. The smallest absolute Gasteiger partial charge is 0.332 e. The van der Waals surface area contributed by atoms with Crippen LogP contribution in [-0.4, -0.2) is 45.2 Å². The number of carboxylic acid groups (broad SMARTS) is 2. The van der Waals surface area contributed by atoms with Crippen LogP contribution in [0.4, 0.5) is 0 Å². The minimum absolute atomic E-state index is 0. The first-order valence-corrected chi connectivity index (χ1v) is 3.79. The van der Waals surface area contributed by atoms with Crippen molar-refractivity contribution in [3.8, 4) is 0 Å². The van der Waals surface area contributed by atoms with Gasteiger partial charge < -0.3 is 10.2 Å². The second-order valence-electron chi connectivity index (χ2n) is 2.79. The molecule has 5 heteroatoms. The van der Waals surface area contributed by atoms with Crippen molar-refractivity contribution in [3.63, 3.8) is 0 Å². The Morgan fingerprint density at radius 2 is 2.00 bits per heavy atom. The number of rotatable bonds is 2. The largest absolute Gasteiger partial charge is 0.481 e. The van der Waals surface area contributed by atoms with Crippen molar-refractivity contribution < 1.29 is 19.8 Å². The molecule has 0 aromatic rings. The third-order valence-corrected chi connectivity index (χ3v) is 1.98. The molecule has 0 aliphatic heterocycles. The second kappa shape index (κ2) is 5.24. The van der Waals surface area contributed by atoms with E-state index in [1.165, 1.54) is 6.08 Å². The molecule has 13 heavy (non-hydrogen) atoms. The van der Waals surface area contributed by atoms with E-state index in [-0.39, 0.29) is 28.6 Å². The Labute approximate surface area is 91.8 Å². The lowest BCUT2D eigenvalue weighted by Crippen LogP contribution is -2.23. The van der Waals surface area contributed by atoms with Gasteiger partial charge in [0, 0.05) is 28.6 Å². The normalized spacial score (nSPS) is 21.2. The molecule has 0 saturated carbocycles. The van der Waals surface area contributed by atoms with Crippen LogP contribution in [0.15, 0.2) is 11.6 Å². The SMILES string of the molecule is O=C(O)C1=CCCCC1C(=O)O.[Mg]. The fourth-order valence-electron chi connectivity index (χ4n) is 1.37.